The van der Waals surface area contributed by atoms with E-state index in [4.69, 9.17) is 4.74 Å². The van der Waals surface area contributed by atoms with Crippen molar-refractivity contribution in [3.05, 3.63) is 100 Å². The predicted octanol–water partition coefficient (Wildman–Crippen LogP) is 4.78. The van der Waals surface area contributed by atoms with Crippen LogP contribution in [0.4, 0.5) is 5.69 Å². The molecule has 1 amide bonds. The van der Waals surface area contributed by atoms with E-state index in [1.807, 2.05) is 32.0 Å². The van der Waals surface area contributed by atoms with Crippen molar-refractivity contribution in [1.29, 1.82) is 0 Å². The normalized spacial score (nSPS) is 12.5. The quantitative estimate of drug-likeness (QED) is 0.484. The highest BCUT2D eigenvalue weighted by molar-refractivity contribution is 6.41. The number of hydrogen-bond donors (Lipinski definition) is 1. The lowest BCUT2D eigenvalue weighted by molar-refractivity contribution is -0.118. The van der Waals surface area contributed by atoms with E-state index in [2.05, 4.69) is 5.32 Å². The minimum Gasteiger partial charge on any atom is -0.484 e. The molecule has 0 atom stereocenters. The smallest absolute Gasteiger partial charge is 0.262 e. The van der Waals surface area contributed by atoms with Crippen LogP contribution in [-0.2, 0) is 4.79 Å². The number of rotatable bonds is 5. The third-order valence-corrected chi connectivity index (χ3v) is 5.13. The van der Waals surface area contributed by atoms with Crippen LogP contribution in [0.3, 0.4) is 0 Å². The monoisotopic (exact) mass is 411 g/mol. The van der Waals surface area contributed by atoms with Crippen LogP contribution in [0, 0.1) is 13.8 Å². The van der Waals surface area contributed by atoms with E-state index in [-0.39, 0.29) is 29.7 Å². The Morgan fingerprint density at radius 3 is 2.19 bits per heavy atom. The molecule has 31 heavy (non-hydrogen) atoms. The summed E-state index contributed by atoms with van der Waals surface area (Å²) >= 11 is 0. The molecule has 1 N–H and O–H groups in total. The van der Waals surface area contributed by atoms with Gasteiger partial charge in [-0.25, -0.2) is 0 Å². The third-order valence-electron chi connectivity index (χ3n) is 5.13. The van der Waals surface area contributed by atoms with Gasteiger partial charge in [0.25, 0.3) is 5.91 Å². The van der Waals surface area contributed by atoms with Crippen molar-refractivity contribution in [3.63, 3.8) is 0 Å². The average molecular weight is 411 g/mol. The molecule has 0 unspecified atom stereocenters. The lowest BCUT2D eigenvalue weighted by Gasteiger charge is -2.10. The number of Topliss-reactive ketones (excluding diaryl/α,β-unsaturated/α-hetero) is 2. The van der Waals surface area contributed by atoms with E-state index in [1.165, 1.54) is 0 Å². The van der Waals surface area contributed by atoms with E-state index in [1.54, 1.807) is 54.6 Å². The van der Waals surface area contributed by atoms with Gasteiger partial charge in [-0.3, -0.25) is 14.4 Å². The van der Waals surface area contributed by atoms with E-state index in [0.717, 1.165) is 16.8 Å². The van der Waals surface area contributed by atoms with E-state index in [9.17, 15) is 14.4 Å². The lowest BCUT2D eigenvalue weighted by Crippen LogP contribution is -2.20. The number of aryl methyl sites for hydroxylation is 2. The molecule has 4 rings (SSSR count). The highest BCUT2D eigenvalue weighted by Gasteiger charge is 2.32. The molecular weight excluding hydrogens is 390 g/mol. The number of anilines is 1. The van der Waals surface area contributed by atoms with Crippen molar-refractivity contribution in [2.45, 2.75) is 13.8 Å². The van der Waals surface area contributed by atoms with Gasteiger partial charge < -0.3 is 10.1 Å². The molecule has 0 aliphatic heterocycles. The van der Waals surface area contributed by atoms with Gasteiger partial charge in [0, 0.05) is 16.8 Å². The van der Waals surface area contributed by atoms with Crippen LogP contribution in [0.2, 0.25) is 0 Å². The summed E-state index contributed by atoms with van der Waals surface area (Å²) in [5.74, 6) is -0.251. The molecule has 1 aliphatic carbocycles. The number of allylic oxidation sites excluding steroid dienone is 1. The van der Waals surface area contributed by atoms with Crippen molar-refractivity contribution < 1.29 is 19.1 Å². The predicted molar refractivity (Wildman–Crippen MR) is 120 cm³/mol. The summed E-state index contributed by atoms with van der Waals surface area (Å²) in [4.78, 5) is 37.2. The van der Waals surface area contributed by atoms with Crippen molar-refractivity contribution in [1.82, 2.24) is 0 Å². The molecule has 0 heterocycles. The average Bonchev–Trinajstić information content (AvgIpc) is 3.01. The standard InChI is InChI=1S/C26H21NO4/c1-16-7-8-17(2)23(13-16)27-24(28)15-31-19-11-9-18(10-12-19)14-22-25(29)20-5-3-4-6-21(20)26(22)30/h3-14H,15H2,1-2H3,(H,27,28). The topological polar surface area (TPSA) is 72.5 Å². The lowest BCUT2D eigenvalue weighted by atomic mass is 10.1. The molecule has 5 nitrogen and oxygen atoms in total. The molecule has 0 spiro atoms. The highest BCUT2D eigenvalue weighted by Crippen LogP contribution is 2.28. The van der Waals surface area contributed by atoms with Gasteiger partial charge in [0.15, 0.2) is 18.2 Å². The van der Waals surface area contributed by atoms with Gasteiger partial charge in [-0.15, -0.1) is 0 Å². The van der Waals surface area contributed by atoms with Gasteiger partial charge >= 0.3 is 0 Å². The van der Waals surface area contributed by atoms with Gasteiger partial charge in [-0.05, 0) is 54.8 Å². The molecule has 0 saturated carbocycles. The minimum absolute atomic E-state index is 0.125. The molecule has 0 saturated heterocycles. The number of benzene rings is 3. The van der Waals surface area contributed by atoms with Crippen LogP contribution in [0.15, 0.2) is 72.3 Å². The number of fused-ring (bicyclic) bond motifs is 1. The number of ketones is 2. The number of amides is 1. The first kappa shape index (κ1) is 20.3. The number of carbonyl (C=O) groups excluding carboxylic acids is 3. The molecule has 0 radical (unpaired) electrons. The Morgan fingerprint density at radius 1 is 0.903 bits per heavy atom. The van der Waals surface area contributed by atoms with Crippen LogP contribution in [0.25, 0.3) is 6.08 Å². The summed E-state index contributed by atoms with van der Waals surface area (Å²) in [6.45, 7) is 3.77. The van der Waals surface area contributed by atoms with Crippen LogP contribution in [0.1, 0.15) is 37.4 Å². The fourth-order valence-corrected chi connectivity index (χ4v) is 3.44. The maximum absolute atomic E-state index is 12.5. The second-order valence-corrected chi connectivity index (χ2v) is 7.49. The summed E-state index contributed by atoms with van der Waals surface area (Å²) in [6, 6.07) is 19.6. The molecule has 3 aromatic carbocycles. The highest BCUT2D eigenvalue weighted by atomic mass is 16.5. The number of nitrogens with one attached hydrogen (secondary N) is 1. The SMILES string of the molecule is Cc1ccc(C)c(NC(=O)COc2ccc(C=C3C(=O)c4ccccc4C3=O)cc2)c1. The maximum atomic E-state index is 12.5. The Labute approximate surface area is 180 Å². The molecule has 154 valence electrons. The van der Waals surface area contributed by atoms with Crippen molar-refractivity contribution in [3.8, 4) is 5.75 Å². The van der Waals surface area contributed by atoms with Crippen LogP contribution in [-0.4, -0.2) is 24.1 Å². The Hall–Kier alpha value is -3.99. The number of hydrogen-bond acceptors (Lipinski definition) is 4. The zero-order chi connectivity index (χ0) is 22.0. The van der Waals surface area contributed by atoms with Crippen molar-refractivity contribution in [2.75, 3.05) is 11.9 Å². The minimum atomic E-state index is -0.260. The van der Waals surface area contributed by atoms with Gasteiger partial charge in [0.05, 0.1) is 5.57 Å². The Bertz CT molecular complexity index is 1190. The maximum Gasteiger partial charge on any atom is 0.262 e. The fraction of sp³-hybridized carbons (Fsp3) is 0.115. The zero-order valence-corrected chi connectivity index (χ0v) is 17.3. The number of ether oxygens (including phenoxy) is 1. The van der Waals surface area contributed by atoms with Gasteiger partial charge in [0.2, 0.25) is 0 Å². The summed E-state index contributed by atoms with van der Waals surface area (Å²) in [5, 5.41) is 2.85. The van der Waals surface area contributed by atoms with E-state index < -0.39 is 0 Å². The summed E-state index contributed by atoms with van der Waals surface area (Å²) < 4.78 is 5.56. The zero-order valence-electron chi connectivity index (χ0n) is 17.3. The molecule has 0 fully saturated rings. The molecule has 0 bridgehead atoms. The third kappa shape index (κ3) is 4.31. The Balaban J connectivity index is 1.39. The molecule has 5 heteroatoms. The van der Waals surface area contributed by atoms with Gasteiger partial charge in [-0.1, -0.05) is 48.5 Å². The van der Waals surface area contributed by atoms with E-state index in [0.29, 0.717) is 22.4 Å². The van der Waals surface area contributed by atoms with Crippen LogP contribution < -0.4 is 10.1 Å². The van der Waals surface area contributed by atoms with Crippen molar-refractivity contribution in [2.24, 2.45) is 0 Å². The second-order valence-electron chi connectivity index (χ2n) is 7.49. The molecule has 3 aromatic rings. The molecule has 1 aliphatic rings. The van der Waals surface area contributed by atoms with Gasteiger partial charge in [0.1, 0.15) is 5.75 Å². The first-order valence-electron chi connectivity index (χ1n) is 9.92. The van der Waals surface area contributed by atoms with Crippen molar-refractivity contribution >= 4 is 29.2 Å². The summed E-state index contributed by atoms with van der Waals surface area (Å²) in [6.07, 6.45) is 1.58. The Morgan fingerprint density at radius 2 is 1.55 bits per heavy atom. The number of carbonyl (C=O) groups is 3. The second kappa shape index (κ2) is 8.40. The summed E-state index contributed by atoms with van der Waals surface area (Å²) in [7, 11) is 0. The van der Waals surface area contributed by atoms with Crippen LogP contribution in [0.5, 0.6) is 5.75 Å². The van der Waals surface area contributed by atoms with Crippen LogP contribution >= 0.6 is 0 Å². The van der Waals surface area contributed by atoms with Gasteiger partial charge in [-0.2, -0.15) is 0 Å². The van der Waals surface area contributed by atoms with E-state index >= 15 is 0 Å². The molecule has 0 aromatic heterocycles. The first-order valence-corrected chi connectivity index (χ1v) is 9.92. The largest absolute Gasteiger partial charge is 0.484 e. The molecular formula is C26H21NO4. The fourth-order valence-electron chi connectivity index (χ4n) is 3.44. The first-order chi connectivity index (χ1) is 14.9. The summed E-state index contributed by atoms with van der Waals surface area (Å²) in [5.41, 5.74) is 4.55. The Kier molecular flexibility index (Phi) is 5.50.